The third kappa shape index (κ3) is 3.71. The number of aryl methyl sites for hydroxylation is 1. The van der Waals surface area contributed by atoms with Crippen LogP contribution in [0, 0.1) is 18.8 Å². The van der Waals surface area contributed by atoms with E-state index >= 15 is 0 Å². The molecule has 1 fully saturated rings. The number of thiazole rings is 1. The van der Waals surface area contributed by atoms with Gasteiger partial charge < -0.3 is 9.30 Å². The summed E-state index contributed by atoms with van der Waals surface area (Å²) >= 11 is 1.76. The topological polar surface area (TPSA) is 43.2 Å². The standard InChI is InChI=1S/C18H26N4OS/c1-14-18(24-13-20-14)9-21-6-16(11-23-10-15-3-2-4-15)7-22-12-19-5-17(22)8-21/h5,12-13,15-16H,2-4,6-11H2,1H3/t16-/m1/s1. The maximum atomic E-state index is 6.06. The summed E-state index contributed by atoms with van der Waals surface area (Å²) in [4.78, 5) is 12.6. The van der Waals surface area contributed by atoms with Gasteiger partial charge in [-0.3, -0.25) is 4.90 Å². The molecular weight excluding hydrogens is 320 g/mol. The first kappa shape index (κ1) is 16.2. The fourth-order valence-electron chi connectivity index (χ4n) is 3.61. The smallest absolute Gasteiger partial charge is 0.0948 e. The first-order valence-electron chi connectivity index (χ1n) is 8.96. The van der Waals surface area contributed by atoms with Gasteiger partial charge in [-0.15, -0.1) is 11.3 Å². The van der Waals surface area contributed by atoms with Crippen LogP contribution in [-0.4, -0.2) is 39.2 Å². The second-order valence-electron chi connectivity index (χ2n) is 7.27. The SMILES string of the molecule is Cc1ncsc1CN1Cc2cncn2C[C@H](COCC2CCC2)C1. The van der Waals surface area contributed by atoms with Crippen LogP contribution in [-0.2, 0) is 24.4 Å². The maximum Gasteiger partial charge on any atom is 0.0948 e. The molecule has 24 heavy (non-hydrogen) atoms. The molecule has 2 aromatic heterocycles. The number of aromatic nitrogens is 3. The second-order valence-corrected chi connectivity index (χ2v) is 8.21. The molecule has 0 N–H and O–H groups in total. The van der Waals surface area contributed by atoms with Crippen LogP contribution in [0.4, 0.5) is 0 Å². The van der Waals surface area contributed by atoms with Crippen molar-refractivity contribution < 1.29 is 4.74 Å². The molecule has 3 heterocycles. The van der Waals surface area contributed by atoms with E-state index in [0.717, 1.165) is 51.0 Å². The fourth-order valence-corrected chi connectivity index (χ4v) is 4.43. The normalized spacial score (nSPS) is 22.1. The van der Waals surface area contributed by atoms with Crippen LogP contribution in [0.1, 0.15) is 35.5 Å². The summed E-state index contributed by atoms with van der Waals surface area (Å²) in [6, 6.07) is 0. The Morgan fingerprint density at radius 3 is 2.88 bits per heavy atom. The lowest BCUT2D eigenvalue weighted by molar-refractivity contribution is 0.0359. The molecular formula is C18H26N4OS. The summed E-state index contributed by atoms with van der Waals surface area (Å²) in [5.41, 5.74) is 4.42. The number of rotatable bonds is 6. The average Bonchev–Trinajstić information content (AvgIpc) is 3.08. The Labute approximate surface area is 147 Å². The zero-order valence-electron chi connectivity index (χ0n) is 14.4. The van der Waals surface area contributed by atoms with E-state index in [-0.39, 0.29) is 0 Å². The fraction of sp³-hybridized carbons (Fsp3) is 0.667. The van der Waals surface area contributed by atoms with E-state index in [4.69, 9.17) is 4.74 Å². The van der Waals surface area contributed by atoms with Crippen molar-refractivity contribution >= 4 is 11.3 Å². The largest absolute Gasteiger partial charge is 0.381 e. The van der Waals surface area contributed by atoms with E-state index in [1.807, 2.05) is 18.0 Å². The van der Waals surface area contributed by atoms with Crippen LogP contribution in [0.2, 0.25) is 0 Å². The van der Waals surface area contributed by atoms with Gasteiger partial charge >= 0.3 is 0 Å². The lowest BCUT2D eigenvalue weighted by Crippen LogP contribution is -2.30. The van der Waals surface area contributed by atoms with E-state index in [1.54, 1.807) is 11.3 Å². The van der Waals surface area contributed by atoms with Crippen LogP contribution < -0.4 is 0 Å². The highest BCUT2D eigenvalue weighted by Crippen LogP contribution is 2.27. The Bertz CT molecular complexity index is 664. The molecule has 0 amide bonds. The van der Waals surface area contributed by atoms with Gasteiger partial charge in [-0.1, -0.05) is 6.42 Å². The van der Waals surface area contributed by atoms with E-state index in [0.29, 0.717) is 5.92 Å². The number of ether oxygens (including phenoxy) is 1. The van der Waals surface area contributed by atoms with Crippen LogP contribution in [0.5, 0.6) is 0 Å². The van der Waals surface area contributed by atoms with Crippen LogP contribution in [0.15, 0.2) is 18.0 Å². The van der Waals surface area contributed by atoms with E-state index in [9.17, 15) is 0 Å². The van der Waals surface area contributed by atoms with Crippen molar-refractivity contribution in [2.24, 2.45) is 11.8 Å². The van der Waals surface area contributed by atoms with Gasteiger partial charge in [-0.05, 0) is 25.7 Å². The van der Waals surface area contributed by atoms with Gasteiger partial charge in [0.05, 0.1) is 29.8 Å². The minimum Gasteiger partial charge on any atom is -0.381 e. The number of fused-ring (bicyclic) bond motifs is 1. The highest BCUT2D eigenvalue weighted by atomic mass is 32.1. The summed E-state index contributed by atoms with van der Waals surface area (Å²) in [5, 5.41) is 0. The van der Waals surface area contributed by atoms with Crippen molar-refractivity contribution in [3.05, 3.63) is 34.3 Å². The van der Waals surface area contributed by atoms with Gasteiger partial charge in [-0.25, -0.2) is 9.97 Å². The minimum atomic E-state index is 0.522. The van der Waals surface area contributed by atoms with E-state index < -0.39 is 0 Å². The minimum absolute atomic E-state index is 0.522. The molecule has 6 heteroatoms. The summed E-state index contributed by atoms with van der Waals surface area (Å²) in [6.07, 6.45) is 8.07. The number of imidazole rings is 1. The van der Waals surface area contributed by atoms with Gasteiger partial charge in [0, 0.05) is 49.8 Å². The lowest BCUT2D eigenvalue weighted by atomic mass is 9.86. The third-order valence-corrected chi connectivity index (χ3v) is 6.22. The monoisotopic (exact) mass is 346 g/mol. The molecule has 130 valence electrons. The summed E-state index contributed by atoms with van der Waals surface area (Å²) in [6.45, 7) is 7.92. The zero-order chi connectivity index (χ0) is 16.4. The van der Waals surface area contributed by atoms with Crippen molar-refractivity contribution in [3.63, 3.8) is 0 Å². The molecule has 0 aromatic carbocycles. The Kier molecular flexibility index (Phi) is 4.96. The van der Waals surface area contributed by atoms with Crippen molar-refractivity contribution in [2.75, 3.05) is 19.8 Å². The third-order valence-electron chi connectivity index (χ3n) is 5.30. The molecule has 1 saturated carbocycles. The molecule has 0 spiro atoms. The van der Waals surface area contributed by atoms with E-state index in [2.05, 4.69) is 26.4 Å². The Balaban J connectivity index is 1.40. The molecule has 2 aromatic rings. The summed E-state index contributed by atoms with van der Waals surface area (Å²) < 4.78 is 8.36. The maximum absolute atomic E-state index is 6.06. The Morgan fingerprint density at radius 1 is 1.25 bits per heavy atom. The molecule has 2 aliphatic rings. The molecule has 0 saturated heterocycles. The average molecular weight is 347 g/mol. The van der Waals surface area contributed by atoms with Gasteiger partial charge in [0.2, 0.25) is 0 Å². The van der Waals surface area contributed by atoms with E-state index in [1.165, 1.54) is 29.8 Å². The van der Waals surface area contributed by atoms with Crippen molar-refractivity contribution in [3.8, 4) is 0 Å². The first-order valence-corrected chi connectivity index (χ1v) is 9.84. The van der Waals surface area contributed by atoms with Gasteiger partial charge in [0.1, 0.15) is 0 Å². The van der Waals surface area contributed by atoms with Crippen LogP contribution in [0.25, 0.3) is 0 Å². The quantitative estimate of drug-likeness (QED) is 0.806. The molecule has 5 nitrogen and oxygen atoms in total. The summed E-state index contributed by atoms with van der Waals surface area (Å²) in [7, 11) is 0. The number of hydrogen-bond donors (Lipinski definition) is 0. The van der Waals surface area contributed by atoms with Crippen molar-refractivity contribution in [1.82, 2.24) is 19.4 Å². The molecule has 0 bridgehead atoms. The predicted molar refractivity (Wildman–Crippen MR) is 94.8 cm³/mol. The van der Waals surface area contributed by atoms with Crippen molar-refractivity contribution in [2.45, 2.75) is 45.8 Å². The molecule has 1 atom stereocenters. The second kappa shape index (κ2) is 7.33. The van der Waals surface area contributed by atoms with Crippen LogP contribution >= 0.6 is 11.3 Å². The van der Waals surface area contributed by atoms with Gasteiger partial charge in [-0.2, -0.15) is 0 Å². The van der Waals surface area contributed by atoms with Gasteiger partial charge in [0.15, 0.2) is 0 Å². The zero-order valence-corrected chi connectivity index (χ0v) is 15.2. The number of hydrogen-bond acceptors (Lipinski definition) is 5. The molecule has 0 radical (unpaired) electrons. The lowest BCUT2D eigenvalue weighted by Gasteiger charge is -2.27. The molecule has 1 aliphatic heterocycles. The van der Waals surface area contributed by atoms with Gasteiger partial charge in [0.25, 0.3) is 0 Å². The molecule has 4 rings (SSSR count). The Hall–Kier alpha value is -1.24. The van der Waals surface area contributed by atoms with Crippen LogP contribution in [0.3, 0.4) is 0 Å². The first-order chi connectivity index (χ1) is 11.8. The number of nitrogens with zero attached hydrogens (tertiary/aromatic N) is 4. The molecule has 1 aliphatic carbocycles. The molecule has 0 unspecified atom stereocenters. The summed E-state index contributed by atoms with van der Waals surface area (Å²) in [5.74, 6) is 1.34. The highest BCUT2D eigenvalue weighted by molar-refractivity contribution is 7.09. The highest BCUT2D eigenvalue weighted by Gasteiger charge is 2.24. The Morgan fingerprint density at radius 2 is 2.12 bits per heavy atom. The predicted octanol–water partition coefficient (Wildman–Crippen LogP) is 3.10. The van der Waals surface area contributed by atoms with Crippen molar-refractivity contribution in [1.29, 1.82) is 0 Å².